The van der Waals surface area contributed by atoms with Crippen molar-refractivity contribution in [2.24, 2.45) is 5.92 Å². The predicted octanol–water partition coefficient (Wildman–Crippen LogP) is 5.71. The van der Waals surface area contributed by atoms with Crippen molar-refractivity contribution >= 4 is 27.9 Å². The SMILES string of the molecule is O=C(O)c1cccc(C#Cc2cnc3c(ccn3CC3CCOCC3)c2)c1-c1ccc2cc[nH]c2c1. The highest BCUT2D eigenvalue weighted by molar-refractivity contribution is 5.99. The van der Waals surface area contributed by atoms with Crippen LogP contribution in [0.3, 0.4) is 0 Å². The van der Waals surface area contributed by atoms with Gasteiger partial charge in [0, 0.05) is 65.9 Å². The summed E-state index contributed by atoms with van der Waals surface area (Å²) in [6, 6.07) is 17.2. The van der Waals surface area contributed by atoms with Gasteiger partial charge in [0.2, 0.25) is 0 Å². The van der Waals surface area contributed by atoms with Crippen molar-refractivity contribution in [1.82, 2.24) is 14.5 Å². The Balaban J connectivity index is 1.35. The van der Waals surface area contributed by atoms with E-state index in [1.54, 1.807) is 18.3 Å². The Labute approximate surface area is 208 Å². The minimum atomic E-state index is -0.978. The first-order valence-corrected chi connectivity index (χ1v) is 12.1. The number of hydrogen-bond donors (Lipinski definition) is 2. The average Bonchev–Trinajstić information content (AvgIpc) is 3.54. The Kier molecular flexibility index (Phi) is 5.76. The second kappa shape index (κ2) is 9.37. The molecule has 1 aliphatic heterocycles. The van der Waals surface area contributed by atoms with Gasteiger partial charge in [-0.2, -0.15) is 0 Å². The van der Waals surface area contributed by atoms with Gasteiger partial charge in [-0.15, -0.1) is 0 Å². The van der Waals surface area contributed by atoms with E-state index < -0.39 is 5.97 Å². The summed E-state index contributed by atoms with van der Waals surface area (Å²) in [5.74, 6) is 6.07. The quantitative estimate of drug-likeness (QED) is 0.326. The molecule has 0 unspecified atom stereocenters. The number of benzene rings is 2. The number of fused-ring (bicyclic) bond motifs is 2. The summed E-state index contributed by atoms with van der Waals surface area (Å²) in [5.41, 5.74) is 5.02. The van der Waals surface area contributed by atoms with Crippen molar-refractivity contribution in [3.8, 4) is 23.0 Å². The number of aromatic carboxylic acids is 1. The number of aromatic amines is 1. The largest absolute Gasteiger partial charge is 0.478 e. The van der Waals surface area contributed by atoms with E-state index in [-0.39, 0.29) is 5.56 Å². The minimum absolute atomic E-state index is 0.228. The van der Waals surface area contributed by atoms with Crippen molar-refractivity contribution in [2.45, 2.75) is 19.4 Å². The van der Waals surface area contributed by atoms with Crippen LogP contribution in [0.5, 0.6) is 0 Å². The lowest BCUT2D eigenvalue weighted by molar-refractivity contribution is 0.0616. The van der Waals surface area contributed by atoms with Gasteiger partial charge < -0.3 is 19.4 Å². The van der Waals surface area contributed by atoms with Crippen LogP contribution in [-0.2, 0) is 11.3 Å². The van der Waals surface area contributed by atoms with Gasteiger partial charge in [-0.25, -0.2) is 9.78 Å². The van der Waals surface area contributed by atoms with E-state index in [4.69, 9.17) is 9.72 Å². The monoisotopic (exact) mass is 475 g/mol. The summed E-state index contributed by atoms with van der Waals surface area (Å²) in [4.78, 5) is 20.0. The number of hydrogen-bond acceptors (Lipinski definition) is 3. The Hall–Kier alpha value is -4.34. The molecule has 0 amide bonds. The van der Waals surface area contributed by atoms with Crippen molar-refractivity contribution in [2.75, 3.05) is 13.2 Å². The van der Waals surface area contributed by atoms with E-state index >= 15 is 0 Å². The van der Waals surface area contributed by atoms with Crippen molar-refractivity contribution in [3.05, 3.63) is 89.9 Å². The van der Waals surface area contributed by atoms with Gasteiger partial charge in [0.1, 0.15) is 5.65 Å². The highest BCUT2D eigenvalue weighted by Crippen LogP contribution is 2.30. The number of aromatic nitrogens is 3. The molecule has 0 spiro atoms. The summed E-state index contributed by atoms with van der Waals surface area (Å²) >= 11 is 0. The number of carboxylic acid groups (broad SMARTS) is 1. The summed E-state index contributed by atoms with van der Waals surface area (Å²) in [7, 11) is 0. The molecule has 1 aliphatic rings. The first-order valence-electron chi connectivity index (χ1n) is 12.1. The van der Waals surface area contributed by atoms with E-state index in [1.807, 2.05) is 42.6 Å². The maximum atomic E-state index is 12.1. The van der Waals surface area contributed by atoms with Crippen LogP contribution in [0.4, 0.5) is 0 Å². The van der Waals surface area contributed by atoms with Crippen LogP contribution >= 0.6 is 0 Å². The maximum absolute atomic E-state index is 12.1. The van der Waals surface area contributed by atoms with Gasteiger partial charge in [0.05, 0.1) is 5.56 Å². The molecule has 4 heterocycles. The number of carbonyl (C=O) groups is 1. The molecule has 0 aliphatic carbocycles. The van der Waals surface area contributed by atoms with Crippen LogP contribution in [-0.4, -0.2) is 38.8 Å². The number of carboxylic acids is 1. The second-order valence-electron chi connectivity index (χ2n) is 9.22. The van der Waals surface area contributed by atoms with Crippen LogP contribution < -0.4 is 0 Å². The number of H-pyrrole nitrogens is 1. The first kappa shape index (κ1) is 22.1. The number of rotatable bonds is 4. The van der Waals surface area contributed by atoms with Crippen molar-refractivity contribution in [1.29, 1.82) is 0 Å². The normalized spacial score (nSPS) is 14.1. The summed E-state index contributed by atoms with van der Waals surface area (Å²) in [5, 5.41) is 12.0. The fourth-order valence-corrected chi connectivity index (χ4v) is 4.99. The molecule has 0 radical (unpaired) electrons. The Morgan fingerprint density at radius 1 is 1.08 bits per heavy atom. The molecule has 3 aromatic heterocycles. The highest BCUT2D eigenvalue weighted by atomic mass is 16.5. The van der Waals surface area contributed by atoms with Gasteiger partial charge in [-0.1, -0.05) is 30.0 Å². The minimum Gasteiger partial charge on any atom is -0.478 e. The predicted molar refractivity (Wildman–Crippen MR) is 140 cm³/mol. The third kappa shape index (κ3) is 4.26. The molecule has 0 saturated carbocycles. The average molecular weight is 476 g/mol. The lowest BCUT2D eigenvalue weighted by Crippen LogP contribution is -2.20. The van der Waals surface area contributed by atoms with Crippen LogP contribution in [0.2, 0.25) is 0 Å². The number of nitrogens with zero attached hydrogens (tertiary/aromatic N) is 2. The third-order valence-electron chi connectivity index (χ3n) is 6.88. The lowest BCUT2D eigenvalue weighted by atomic mass is 9.93. The molecule has 1 fully saturated rings. The Morgan fingerprint density at radius 3 is 2.83 bits per heavy atom. The number of ether oxygens (including phenoxy) is 1. The van der Waals surface area contributed by atoms with E-state index in [1.165, 1.54) is 0 Å². The topological polar surface area (TPSA) is 80.1 Å². The van der Waals surface area contributed by atoms with Crippen LogP contribution in [0, 0.1) is 17.8 Å². The second-order valence-corrected chi connectivity index (χ2v) is 9.22. The van der Waals surface area contributed by atoms with E-state index in [2.05, 4.69) is 33.7 Å². The zero-order valence-corrected chi connectivity index (χ0v) is 19.7. The molecule has 6 heteroatoms. The molecule has 6 rings (SSSR count). The molecular formula is C30H25N3O3. The third-order valence-corrected chi connectivity index (χ3v) is 6.88. The molecule has 36 heavy (non-hydrogen) atoms. The van der Waals surface area contributed by atoms with E-state index in [9.17, 15) is 9.90 Å². The van der Waals surface area contributed by atoms with Gasteiger partial charge in [-0.05, 0) is 66.1 Å². The van der Waals surface area contributed by atoms with E-state index in [0.717, 1.165) is 65.7 Å². The molecule has 178 valence electrons. The van der Waals surface area contributed by atoms with Crippen molar-refractivity contribution < 1.29 is 14.6 Å². The van der Waals surface area contributed by atoms with E-state index in [0.29, 0.717) is 17.0 Å². The van der Waals surface area contributed by atoms with Gasteiger partial charge in [0.25, 0.3) is 0 Å². The molecule has 0 atom stereocenters. The lowest BCUT2D eigenvalue weighted by Gasteiger charge is -2.22. The van der Waals surface area contributed by atoms with Gasteiger partial charge >= 0.3 is 5.97 Å². The maximum Gasteiger partial charge on any atom is 0.336 e. The molecule has 6 nitrogen and oxygen atoms in total. The van der Waals surface area contributed by atoms with Crippen LogP contribution in [0.15, 0.2) is 73.2 Å². The standard InChI is InChI=1S/C30H25N3O3/c34-30(35)26-3-1-2-23(28(26)24-7-6-22-8-12-31-27(22)17-24)5-4-21-16-25-9-13-33(29(25)32-18-21)19-20-10-14-36-15-11-20/h1-3,6-9,12-13,16-18,20,31H,10-11,14-15,19H2,(H,34,35). The molecular weight excluding hydrogens is 450 g/mol. The zero-order valence-electron chi connectivity index (χ0n) is 19.7. The van der Waals surface area contributed by atoms with Gasteiger partial charge in [-0.3, -0.25) is 0 Å². The fraction of sp³-hybridized carbons (Fsp3) is 0.200. The number of nitrogens with one attached hydrogen (secondary N) is 1. The fourth-order valence-electron chi connectivity index (χ4n) is 4.99. The molecule has 0 bridgehead atoms. The summed E-state index contributed by atoms with van der Waals surface area (Å²) < 4.78 is 7.70. The van der Waals surface area contributed by atoms with Crippen LogP contribution in [0.25, 0.3) is 33.1 Å². The molecule has 5 aromatic rings. The van der Waals surface area contributed by atoms with Crippen LogP contribution in [0.1, 0.15) is 34.3 Å². The smallest absolute Gasteiger partial charge is 0.336 e. The first-order chi connectivity index (χ1) is 17.7. The molecule has 2 aromatic carbocycles. The summed E-state index contributed by atoms with van der Waals surface area (Å²) in [6.07, 6.45) is 7.92. The summed E-state index contributed by atoms with van der Waals surface area (Å²) in [6.45, 7) is 2.61. The van der Waals surface area contributed by atoms with Crippen molar-refractivity contribution in [3.63, 3.8) is 0 Å². The molecule has 1 saturated heterocycles. The van der Waals surface area contributed by atoms with Gasteiger partial charge in [0.15, 0.2) is 0 Å². The zero-order chi connectivity index (χ0) is 24.5. The highest BCUT2D eigenvalue weighted by Gasteiger charge is 2.17. The Morgan fingerprint density at radius 2 is 1.97 bits per heavy atom. The molecule has 2 N–H and O–H groups in total. The number of pyridine rings is 1. The Bertz CT molecular complexity index is 1640.